The zero-order chi connectivity index (χ0) is 30.5. The Morgan fingerprint density at radius 3 is 2.51 bits per heavy atom. The van der Waals surface area contributed by atoms with Crippen molar-refractivity contribution in [2.75, 3.05) is 18.1 Å². The smallest absolute Gasteiger partial charge is 0.301 e. The molecule has 0 spiro atoms. The molecule has 1 aliphatic rings. The van der Waals surface area contributed by atoms with Crippen LogP contribution in [0.2, 0.25) is 10.0 Å². The van der Waals surface area contributed by atoms with Gasteiger partial charge in [-0.05, 0) is 48.7 Å². The minimum atomic E-state index is -0.990. The molecule has 0 saturated carbocycles. The van der Waals surface area contributed by atoms with Crippen LogP contribution in [-0.2, 0) is 15.3 Å². The largest absolute Gasteiger partial charge is 0.507 e. The van der Waals surface area contributed by atoms with Crippen LogP contribution in [0.4, 0.5) is 5.13 Å². The van der Waals surface area contributed by atoms with Gasteiger partial charge in [0.25, 0.3) is 5.78 Å². The topological polar surface area (TPSA) is 102 Å². The fraction of sp³-hybridized carbons (Fsp3) is 0.226. The molecule has 3 aromatic carbocycles. The first-order valence-corrected chi connectivity index (χ1v) is 16.0. The number of thioether (sulfide) groups is 1. The molecule has 1 atom stereocenters. The lowest BCUT2D eigenvalue weighted by atomic mass is 9.95. The number of Topliss-reactive ketones (excluding diaryl/α,β-unsaturated/α-hetero) is 1. The number of ether oxygens (including phenoxy) is 2. The van der Waals surface area contributed by atoms with Crippen LogP contribution in [0.25, 0.3) is 5.76 Å². The third-order valence-electron chi connectivity index (χ3n) is 6.50. The van der Waals surface area contributed by atoms with E-state index in [1.54, 1.807) is 60.7 Å². The number of aromatic nitrogens is 2. The van der Waals surface area contributed by atoms with Gasteiger partial charge in [-0.2, -0.15) is 0 Å². The molecule has 5 rings (SSSR count). The standard InChI is InChI=1S/C31H27Cl2N3O5S2/c1-3-14-41-23-13-11-19(15-24(23)40-4-2)26-25(27(37)18-8-6-5-7-9-18)28(38)29(39)36(26)30-34-35-31(43-30)42-17-20-10-12-21(32)16-22(20)33/h5-13,15-16,26,37H,3-4,14,17H2,1-2H3. The Labute approximate surface area is 267 Å². The van der Waals surface area contributed by atoms with Crippen molar-refractivity contribution in [2.24, 2.45) is 0 Å². The van der Waals surface area contributed by atoms with E-state index in [1.807, 2.05) is 19.9 Å². The van der Waals surface area contributed by atoms with E-state index < -0.39 is 17.7 Å². The van der Waals surface area contributed by atoms with Gasteiger partial charge in [-0.25, -0.2) is 0 Å². The van der Waals surface area contributed by atoms with E-state index in [4.69, 9.17) is 32.7 Å². The first-order valence-electron chi connectivity index (χ1n) is 13.5. The van der Waals surface area contributed by atoms with E-state index in [-0.39, 0.29) is 16.5 Å². The van der Waals surface area contributed by atoms with Crippen molar-refractivity contribution >= 4 is 68.9 Å². The van der Waals surface area contributed by atoms with Gasteiger partial charge >= 0.3 is 5.91 Å². The molecule has 8 nitrogen and oxygen atoms in total. The summed E-state index contributed by atoms with van der Waals surface area (Å²) in [6, 6.07) is 18.2. The van der Waals surface area contributed by atoms with Crippen LogP contribution in [0.15, 0.2) is 76.6 Å². The van der Waals surface area contributed by atoms with E-state index in [0.29, 0.717) is 56.0 Å². The van der Waals surface area contributed by atoms with E-state index >= 15 is 0 Å². The summed E-state index contributed by atoms with van der Waals surface area (Å²) in [4.78, 5) is 28.4. The summed E-state index contributed by atoms with van der Waals surface area (Å²) in [5, 5.41) is 21.2. The van der Waals surface area contributed by atoms with Crippen molar-refractivity contribution in [3.05, 3.63) is 99.0 Å². The maximum Gasteiger partial charge on any atom is 0.301 e. The third-order valence-corrected chi connectivity index (χ3v) is 9.20. The fourth-order valence-corrected chi connectivity index (χ4v) is 6.95. The van der Waals surface area contributed by atoms with Crippen LogP contribution < -0.4 is 14.4 Å². The molecule has 4 aromatic rings. The van der Waals surface area contributed by atoms with Crippen molar-refractivity contribution in [1.82, 2.24) is 10.2 Å². The SMILES string of the molecule is CCCOc1ccc(C2C(=C(O)c3ccccc3)C(=O)C(=O)N2c2nnc(SCc3ccc(Cl)cc3Cl)s2)cc1OCC. The molecular formula is C31H27Cl2N3O5S2. The summed E-state index contributed by atoms with van der Waals surface area (Å²) < 4.78 is 12.3. The van der Waals surface area contributed by atoms with Crippen LogP contribution in [-0.4, -0.2) is 40.2 Å². The predicted octanol–water partition coefficient (Wildman–Crippen LogP) is 7.95. The Morgan fingerprint density at radius 2 is 1.79 bits per heavy atom. The molecule has 0 aliphatic carbocycles. The van der Waals surface area contributed by atoms with Crippen molar-refractivity contribution in [1.29, 1.82) is 0 Å². The summed E-state index contributed by atoms with van der Waals surface area (Å²) in [7, 11) is 0. The van der Waals surface area contributed by atoms with Crippen molar-refractivity contribution < 1.29 is 24.2 Å². The number of aliphatic hydroxyl groups is 1. The molecular weight excluding hydrogens is 629 g/mol. The Morgan fingerprint density at radius 1 is 1.00 bits per heavy atom. The molecule has 43 heavy (non-hydrogen) atoms. The van der Waals surface area contributed by atoms with Gasteiger partial charge in [0, 0.05) is 21.4 Å². The highest BCUT2D eigenvalue weighted by molar-refractivity contribution is 8.00. The molecule has 1 aliphatic heterocycles. The lowest BCUT2D eigenvalue weighted by Crippen LogP contribution is -2.29. The lowest BCUT2D eigenvalue weighted by Gasteiger charge is -2.23. The summed E-state index contributed by atoms with van der Waals surface area (Å²) in [5.41, 5.74) is 1.76. The number of benzene rings is 3. The van der Waals surface area contributed by atoms with Crippen LogP contribution >= 0.6 is 46.3 Å². The van der Waals surface area contributed by atoms with Crippen molar-refractivity contribution in [3.8, 4) is 11.5 Å². The molecule has 12 heteroatoms. The van der Waals surface area contributed by atoms with Gasteiger partial charge < -0.3 is 14.6 Å². The fourth-order valence-electron chi connectivity index (χ4n) is 4.53. The first-order chi connectivity index (χ1) is 20.8. The Balaban J connectivity index is 1.56. The van der Waals surface area contributed by atoms with E-state index in [1.165, 1.54) is 28.0 Å². The second kappa shape index (κ2) is 13.8. The quantitative estimate of drug-likeness (QED) is 0.0571. The molecule has 1 amide bonds. The van der Waals surface area contributed by atoms with Crippen molar-refractivity contribution in [3.63, 3.8) is 0 Å². The molecule has 0 radical (unpaired) electrons. The van der Waals surface area contributed by atoms with Gasteiger partial charge in [-0.1, -0.05) is 95.7 Å². The lowest BCUT2D eigenvalue weighted by molar-refractivity contribution is -0.132. The zero-order valence-electron chi connectivity index (χ0n) is 23.3. The number of halogens is 2. The monoisotopic (exact) mass is 655 g/mol. The van der Waals surface area contributed by atoms with E-state index in [0.717, 1.165) is 12.0 Å². The molecule has 1 aromatic heterocycles. The van der Waals surface area contributed by atoms with Gasteiger partial charge in [0.2, 0.25) is 5.13 Å². The third kappa shape index (κ3) is 6.67. The molecule has 1 unspecified atom stereocenters. The maximum atomic E-state index is 13.6. The molecule has 1 saturated heterocycles. The number of ketones is 1. The Kier molecular flexibility index (Phi) is 9.92. The number of hydrogen-bond acceptors (Lipinski definition) is 9. The number of amides is 1. The van der Waals surface area contributed by atoms with E-state index in [2.05, 4.69) is 10.2 Å². The van der Waals surface area contributed by atoms with Crippen molar-refractivity contribution in [2.45, 2.75) is 36.4 Å². The second-order valence-corrected chi connectivity index (χ2v) is 12.4. The second-order valence-electron chi connectivity index (χ2n) is 9.40. The average Bonchev–Trinajstić information content (AvgIpc) is 3.58. The Hall–Kier alpha value is -3.57. The van der Waals surface area contributed by atoms with E-state index in [9.17, 15) is 14.7 Å². The predicted molar refractivity (Wildman–Crippen MR) is 171 cm³/mol. The van der Waals surface area contributed by atoms with Crippen LogP contribution in [0.3, 0.4) is 0 Å². The number of nitrogens with zero attached hydrogens (tertiary/aromatic N) is 3. The molecule has 1 fully saturated rings. The molecule has 1 N–H and O–H groups in total. The normalized spacial score (nSPS) is 16.1. The first kappa shape index (κ1) is 30.9. The van der Waals surface area contributed by atoms with Gasteiger partial charge in [-0.3, -0.25) is 14.5 Å². The van der Waals surface area contributed by atoms with Gasteiger partial charge in [0.05, 0.1) is 24.8 Å². The maximum absolute atomic E-state index is 13.6. The minimum Gasteiger partial charge on any atom is -0.507 e. The number of anilines is 1. The molecule has 0 bridgehead atoms. The summed E-state index contributed by atoms with van der Waals surface area (Å²) >= 11 is 14.9. The van der Waals surface area contributed by atoms with Gasteiger partial charge in [0.15, 0.2) is 15.8 Å². The minimum absolute atomic E-state index is 0.0572. The Bertz CT molecular complexity index is 1680. The average molecular weight is 657 g/mol. The molecule has 222 valence electrons. The number of carbonyl (C=O) groups excluding carboxylic acids is 2. The zero-order valence-corrected chi connectivity index (χ0v) is 26.4. The number of aliphatic hydroxyl groups excluding tert-OH is 1. The highest BCUT2D eigenvalue weighted by Crippen LogP contribution is 2.45. The van der Waals surface area contributed by atoms with Crippen LogP contribution in [0, 0.1) is 0 Å². The molecule has 2 heterocycles. The van der Waals surface area contributed by atoms with Gasteiger partial charge in [-0.15, -0.1) is 10.2 Å². The number of hydrogen-bond donors (Lipinski definition) is 1. The number of carbonyl (C=O) groups is 2. The highest BCUT2D eigenvalue weighted by Gasteiger charge is 2.48. The van der Waals surface area contributed by atoms with Crippen LogP contribution in [0.1, 0.15) is 43.0 Å². The summed E-state index contributed by atoms with van der Waals surface area (Å²) in [5.74, 6) is -0.423. The number of rotatable bonds is 11. The van der Waals surface area contributed by atoms with Gasteiger partial charge in [0.1, 0.15) is 5.76 Å². The summed E-state index contributed by atoms with van der Waals surface area (Å²) in [6.07, 6.45) is 0.812. The van der Waals surface area contributed by atoms with Crippen LogP contribution in [0.5, 0.6) is 11.5 Å². The highest BCUT2D eigenvalue weighted by atomic mass is 35.5. The summed E-state index contributed by atoms with van der Waals surface area (Å²) in [6.45, 7) is 4.74.